The summed E-state index contributed by atoms with van der Waals surface area (Å²) in [5.41, 5.74) is -0.322. The summed E-state index contributed by atoms with van der Waals surface area (Å²) in [6, 6.07) is 5.09. The van der Waals surface area contributed by atoms with E-state index in [1.165, 1.54) is 18.1 Å². The molecular weight excluding hydrogens is 354 g/mol. The van der Waals surface area contributed by atoms with Crippen LogP contribution in [0.2, 0.25) is 0 Å². The summed E-state index contributed by atoms with van der Waals surface area (Å²) in [7, 11) is 0. The number of nitrogens with one attached hydrogen (secondary N) is 2. The maximum atomic E-state index is 12.3. The molecule has 0 saturated carbocycles. The Bertz CT molecular complexity index is 860. The average molecular weight is 373 g/mol. The Hall–Kier alpha value is -2.83. The summed E-state index contributed by atoms with van der Waals surface area (Å²) in [4.78, 5) is 17.3. The molecule has 2 rings (SSSR count). The molecule has 0 unspecified atom stereocenters. The number of amides is 1. The van der Waals surface area contributed by atoms with Crippen LogP contribution in [0.4, 0.5) is 5.82 Å². The van der Waals surface area contributed by atoms with Crippen LogP contribution in [-0.4, -0.2) is 26.7 Å². The first-order valence-corrected chi connectivity index (χ1v) is 8.49. The van der Waals surface area contributed by atoms with E-state index >= 15 is 0 Å². The molecule has 0 aliphatic rings. The number of aliphatic hydroxyl groups excluding tert-OH is 1. The summed E-state index contributed by atoms with van der Waals surface area (Å²) in [5.74, 6) is -0.705. The quantitative estimate of drug-likeness (QED) is 0.316. The lowest BCUT2D eigenvalue weighted by Crippen LogP contribution is -2.29. The van der Waals surface area contributed by atoms with E-state index in [4.69, 9.17) is 4.52 Å². The zero-order valence-electron chi connectivity index (χ0n) is 14.8. The molecule has 8 nitrogen and oxygen atoms in total. The summed E-state index contributed by atoms with van der Waals surface area (Å²) >= 11 is 1.43. The molecule has 0 spiro atoms. The van der Waals surface area contributed by atoms with Gasteiger partial charge in [0.15, 0.2) is 11.3 Å². The maximum Gasteiger partial charge on any atom is 0.271 e. The number of carbonyl (C=O) groups is 1. The summed E-state index contributed by atoms with van der Waals surface area (Å²) in [6.45, 7) is 7.69. The Labute approximate surface area is 155 Å². The first kappa shape index (κ1) is 19.5. The molecule has 0 fully saturated rings. The number of hydrogen-bond acceptors (Lipinski definition) is 8. The van der Waals surface area contributed by atoms with Gasteiger partial charge in [0.1, 0.15) is 17.6 Å². The Morgan fingerprint density at radius 3 is 2.58 bits per heavy atom. The number of rotatable bonds is 5. The normalized spacial score (nSPS) is 12.3. The molecule has 2 aromatic heterocycles. The third-order valence-corrected chi connectivity index (χ3v) is 4.23. The Balaban J connectivity index is 2.11. The first-order chi connectivity index (χ1) is 12.2. The van der Waals surface area contributed by atoms with E-state index in [-0.39, 0.29) is 16.9 Å². The van der Waals surface area contributed by atoms with Gasteiger partial charge in [0.2, 0.25) is 0 Å². The van der Waals surface area contributed by atoms with Crippen LogP contribution in [0.5, 0.6) is 0 Å². The number of aryl methyl sites for hydroxylation is 1. The van der Waals surface area contributed by atoms with Crippen LogP contribution >= 0.6 is 11.9 Å². The average Bonchev–Trinajstić information content (AvgIpc) is 3.00. The second kappa shape index (κ2) is 8.03. The van der Waals surface area contributed by atoms with E-state index in [0.717, 1.165) is 4.90 Å². The van der Waals surface area contributed by atoms with Crippen LogP contribution in [0.3, 0.4) is 0 Å². The largest absolute Gasteiger partial charge is 0.506 e. The van der Waals surface area contributed by atoms with Crippen LogP contribution in [0.1, 0.15) is 32.1 Å². The molecular formula is C17H19N5O3S. The van der Waals surface area contributed by atoms with E-state index in [1.807, 2.05) is 20.8 Å². The van der Waals surface area contributed by atoms with Crippen LogP contribution in [0.15, 0.2) is 39.5 Å². The molecule has 26 heavy (non-hydrogen) atoms. The highest BCUT2D eigenvalue weighted by atomic mass is 32.2. The molecule has 0 aromatic carbocycles. The SMILES string of the molecule is Cc1oncc1/C(O)=C(\C#N)C(=O)Nc1ccc(SNC(C)(C)C)cn1. The van der Waals surface area contributed by atoms with Gasteiger partial charge in [-0.15, -0.1) is 0 Å². The van der Waals surface area contributed by atoms with E-state index < -0.39 is 17.2 Å². The Morgan fingerprint density at radius 1 is 1.35 bits per heavy atom. The molecule has 2 heterocycles. The monoisotopic (exact) mass is 373 g/mol. The molecule has 0 atom stereocenters. The van der Waals surface area contributed by atoms with Gasteiger partial charge in [-0.2, -0.15) is 5.26 Å². The van der Waals surface area contributed by atoms with Gasteiger partial charge in [-0.25, -0.2) is 4.98 Å². The van der Waals surface area contributed by atoms with E-state index in [2.05, 4.69) is 20.2 Å². The Kier molecular flexibility index (Phi) is 6.02. The Morgan fingerprint density at radius 2 is 2.08 bits per heavy atom. The van der Waals surface area contributed by atoms with Crippen LogP contribution in [0, 0.1) is 18.3 Å². The number of aliphatic hydroxyl groups is 1. The van der Waals surface area contributed by atoms with Gasteiger partial charge in [0, 0.05) is 16.6 Å². The van der Waals surface area contributed by atoms with Crippen molar-refractivity contribution in [3.8, 4) is 6.07 Å². The van der Waals surface area contributed by atoms with Crippen molar-refractivity contribution in [2.45, 2.75) is 38.1 Å². The van der Waals surface area contributed by atoms with Crippen molar-refractivity contribution < 1.29 is 14.4 Å². The van der Waals surface area contributed by atoms with Crippen molar-refractivity contribution in [1.29, 1.82) is 5.26 Å². The van der Waals surface area contributed by atoms with Crippen LogP contribution < -0.4 is 10.0 Å². The lowest BCUT2D eigenvalue weighted by Gasteiger charge is -2.19. The summed E-state index contributed by atoms with van der Waals surface area (Å²) < 4.78 is 8.08. The van der Waals surface area contributed by atoms with E-state index in [1.54, 1.807) is 31.3 Å². The molecule has 3 N–H and O–H groups in total. The van der Waals surface area contributed by atoms with Crippen molar-refractivity contribution in [1.82, 2.24) is 14.9 Å². The predicted octanol–water partition coefficient (Wildman–Crippen LogP) is 3.20. The van der Waals surface area contributed by atoms with Crippen molar-refractivity contribution in [2.24, 2.45) is 0 Å². The van der Waals surface area contributed by atoms with Gasteiger partial charge in [0.05, 0.1) is 11.8 Å². The van der Waals surface area contributed by atoms with Gasteiger partial charge in [-0.05, 0) is 51.8 Å². The highest BCUT2D eigenvalue weighted by molar-refractivity contribution is 7.97. The van der Waals surface area contributed by atoms with Gasteiger partial charge in [0.25, 0.3) is 5.91 Å². The minimum atomic E-state index is -0.772. The van der Waals surface area contributed by atoms with Crippen LogP contribution in [0.25, 0.3) is 5.76 Å². The molecule has 0 radical (unpaired) electrons. The topological polar surface area (TPSA) is 124 Å². The lowest BCUT2D eigenvalue weighted by molar-refractivity contribution is -0.112. The second-order valence-corrected chi connectivity index (χ2v) is 7.30. The van der Waals surface area contributed by atoms with Crippen LogP contribution in [-0.2, 0) is 4.79 Å². The number of carbonyl (C=O) groups excluding carboxylic acids is 1. The zero-order chi connectivity index (χ0) is 19.3. The van der Waals surface area contributed by atoms with Crippen molar-refractivity contribution in [2.75, 3.05) is 5.32 Å². The number of pyridine rings is 1. The molecule has 0 aliphatic heterocycles. The molecule has 0 bridgehead atoms. The zero-order valence-corrected chi connectivity index (χ0v) is 15.6. The van der Waals surface area contributed by atoms with Gasteiger partial charge >= 0.3 is 0 Å². The fourth-order valence-corrected chi connectivity index (χ4v) is 2.44. The van der Waals surface area contributed by atoms with Crippen molar-refractivity contribution in [3.63, 3.8) is 0 Å². The molecule has 1 amide bonds. The fraction of sp³-hybridized carbons (Fsp3) is 0.294. The third kappa shape index (κ3) is 5.08. The summed E-state index contributed by atoms with van der Waals surface area (Å²) in [5, 5.41) is 25.4. The molecule has 2 aromatic rings. The molecule has 136 valence electrons. The highest BCUT2D eigenvalue weighted by Crippen LogP contribution is 2.21. The molecule has 9 heteroatoms. The number of nitriles is 1. The second-order valence-electron chi connectivity index (χ2n) is 6.42. The lowest BCUT2D eigenvalue weighted by atomic mass is 10.1. The maximum absolute atomic E-state index is 12.3. The van der Waals surface area contributed by atoms with Gasteiger partial charge < -0.3 is 14.9 Å². The predicted molar refractivity (Wildman–Crippen MR) is 98.0 cm³/mol. The standard InChI is InChI=1S/C17H19N5O3S/c1-10-13(9-20-25-10)15(23)12(7-18)16(24)21-14-6-5-11(8-19-14)26-22-17(2,3)4/h5-6,8-9,22-23H,1-4H3,(H,19,21,24)/b15-12-. The van der Waals surface area contributed by atoms with Crippen molar-refractivity contribution in [3.05, 3.63) is 41.4 Å². The van der Waals surface area contributed by atoms with Gasteiger partial charge in [-0.3, -0.25) is 9.52 Å². The highest BCUT2D eigenvalue weighted by Gasteiger charge is 2.20. The smallest absolute Gasteiger partial charge is 0.271 e. The van der Waals surface area contributed by atoms with Gasteiger partial charge in [-0.1, -0.05) is 5.16 Å². The molecule has 0 saturated heterocycles. The third-order valence-electron chi connectivity index (χ3n) is 3.03. The summed E-state index contributed by atoms with van der Waals surface area (Å²) in [6.07, 6.45) is 2.83. The minimum Gasteiger partial charge on any atom is -0.506 e. The van der Waals surface area contributed by atoms with E-state index in [9.17, 15) is 15.2 Å². The van der Waals surface area contributed by atoms with Crippen molar-refractivity contribution >= 4 is 29.4 Å². The minimum absolute atomic E-state index is 0.0539. The van der Waals surface area contributed by atoms with E-state index in [0.29, 0.717) is 5.76 Å². The molecule has 0 aliphatic carbocycles. The number of nitrogens with zero attached hydrogens (tertiary/aromatic N) is 3. The first-order valence-electron chi connectivity index (χ1n) is 7.67. The number of aromatic nitrogens is 2. The number of anilines is 1. The number of hydrogen-bond donors (Lipinski definition) is 3. The fourth-order valence-electron chi connectivity index (χ4n) is 1.78.